The smallest absolute Gasteiger partial charge is 0.227 e. The predicted octanol–water partition coefficient (Wildman–Crippen LogP) is 5.64. The summed E-state index contributed by atoms with van der Waals surface area (Å²) >= 11 is 0. The molecule has 4 aromatic rings. The van der Waals surface area contributed by atoms with Gasteiger partial charge in [-0.15, -0.1) is 0 Å². The molecule has 1 aliphatic heterocycles. The van der Waals surface area contributed by atoms with Gasteiger partial charge in [0.25, 0.3) is 0 Å². The molecule has 5 rings (SSSR count). The van der Waals surface area contributed by atoms with Crippen LogP contribution in [0.15, 0.2) is 72.8 Å². The first-order chi connectivity index (χ1) is 16.1. The monoisotopic (exact) mass is 439 g/mol. The third-order valence-electron chi connectivity index (χ3n) is 6.34. The minimum Gasteiger partial charge on any atom is -0.494 e. The summed E-state index contributed by atoms with van der Waals surface area (Å²) in [5.41, 5.74) is 5.47. The Labute approximate surface area is 194 Å². The van der Waals surface area contributed by atoms with Crippen molar-refractivity contribution in [1.82, 2.24) is 9.55 Å². The van der Waals surface area contributed by atoms with Gasteiger partial charge in [0.1, 0.15) is 11.6 Å². The van der Waals surface area contributed by atoms with Crippen molar-refractivity contribution in [2.45, 2.75) is 39.2 Å². The Balaban J connectivity index is 1.34. The third-order valence-corrected chi connectivity index (χ3v) is 6.34. The van der Waals surface area contributed by atoms with Gasteiger partial charge in [0, 0.05) is 31.1 Å². The highest BCUT2D eigenvalue weighted by Crippen LogP contribution is 2.33. The predicted molar refractivity (Wildman–Crippen MR) is 132 cm³/mol. The first-order valence-electron chi connectivity index (χ1n) is 11.6. The lowest BCUT2D eigenvalue weighted by Gasteiger charge is -2.18. The number of hydrogen-bond donors (Lipinski definition) is 0. The molecule has 33 heavy (non-hydrogen) atoms. The number of aromatic nitrogens is 2. The van der Waals surface area contributed by atoms with Crippen molar-refractivity contribution in [2.24, 2.45) is 0 Å². The van der Waals surface area contributed by atoms with Crippen molar-refractivity contribution < 1.29 is 9.53 Å². The van der Waals surface area contributed by atoms with Crippen molar-refractivity contribution in [3.05, 3.63) is 89.7 Å². The van der Waals surface area contributed by atoms with Crippen LogP contribution in [0.25, 0.3) is 11.0 Å². The summed E-state index contributed by atoms with van der Waals surface area (Å²) in [7, 11) is 0. The molecule has 1 saturated heterocycles. The lowest BCUT2D eigenvalue weighted by molar-refractivity contribution is -0.117. The van der Waals surface area contributed by atoms with Gasteiger partial charge in [0.05, 0.1) is 17.6 Å². The van der Waals surface area contributed by atoms with E-state index >= 15 is 0 Å². The average Bonchev–Trinajstić information content (AvgIpc) is 3.39. The van der Waals surface area contributed by atoms with E-state index in [-0.39, 0.29) is 11.8 Å². The SMILES string of the molecule is Cc1ccc(OCCCn2c([C@H]3CC(=O)N(c4ccc(C)cc4)C3)nc3ccccc32)cc1. The second kappa shape index (κ2) is 9.10. The standard InChI is InChI=1S/C28H29N3O2/c1-20-8-12-23(13-9-20)31-19-22(18-27(31)32)28-29-25-6-3-4-7-26(25)30(28)16-5-17-33-24-14-10-21(2)11-15-24/h3-4,6-15,22H,5,16-19H2,1-2H3/t22-/m0/s1. The molecule has 0 N–H and O–H groups in total. The average molecular weight is 440 g/mol. The van der Waals surface area contributed by atoms with Crippen LogP contribution in [0.1, 0.15) is 35.7 Å². The Kier molecular flexibility index (Phi) is 5.86. The number of para-hydroxylation sites is 2. The van der Waals surface area contributed by atoms with Crippen LogP contribution in [0, 0.1) is 13.8 Å². The normalized spacial score (nSPS) is 16.0. The minimum atomic E-state index is 0.0734. The molecule has 0 saturated carbocycles. The van der Waals surface area contributed by atoms with E-state index in [9.17, 15) is 4.79 Å². The number of aryl methyl sites for hydroxylation is 3. The number of rotatable bonds is 7. The van der Waals surface area contributed by atoms with Crippen molar-refractivity contribution in [3.63, 3.8) is 0 Å². The Morgan fingerprint density at radius 2 is 1.64 bits per heavy atom. The molecule has 5 heteroatoms. The molecular formula is C28H29N3O2. The molecule has 1 aromatic heterocycles. The zero-order valence-electron chi connectivity index (χ0n) is 19.2. The summed E-state index contributed by atoms with van der Waals surface area (Å²) < 4.78 is 8.22. The molecule has 1 amide bonds. The van der Waals surface area contributed by atoms with E-state index in [2.05, 4.69) is 48.7 Å². The number of ether oxygens (including phenoxy) is 1. The summed E-state index contributed by atoms with van der Waals surface area (Å²) in [5, 5.41) is 0. The van der Waals surface area contributed by atoms with Gasteiger partial charge in [0.2, 0.25) is 5.91 Å². The Morgan fingerprint density at radius 1 is 0.939 bits per heavy atom. The van der Waals surface area contributed by atoms with Crippen molar-refractivity contribution in [1.29, 1.82) is 0 Å². The maximum absolute atomic E-state index is 12.9. The van der Waals surface area contributed by atoms with Crippen LogP contribution in [0.2, 0.25) is 0 Å². The first kappa shape index (κ1) is 21.3. The molecule has 0 unspecified atom stereocenters. The van der Waals surface area contributed by atoms with Crippen LogP contribution < -0.4 is 9.64 Å². The van der Waals surface area contributed by atoms with Gasteiger partial charge in [-0.1, -0.05) is 47.5 Å². The molecule has 3 aromatic carbocycles. The van der Waals surface area contributed by atoms with Gasteiger partial charge in [-0.25, -0.2) is 4.98 Å². The molecule has 2 heterocycles. The summed E-state index contributed by atoms with van der Waals surface area (Å²) in [5.74, 6) is 2.12. The number of benzene rings is 3. The molecule has 5 nitrogen and oxygen atoms in total. The van der Waals surface area contributed by atoms with Crippen LogP contribution >= 0.6 is 0 Å². The number of carbonyl (C=O) groups is 1. The zero-order chi connectivity index (χ0) is 22.8. The number of hydrogen-bond acceptors (Lipinski definition) is 3. The van der Waals surface area contributed by atoms with Gasteiger partial charge in [0.15, 0.2) is 0 Å². The fourth-order valence-electron chi connectivity index (χ4n) is 4.54. The Morgan fingerprint density at radius 3 is 2.39 bits per heavy atom. The topological polar surface area (TPSA) is 47.4 Å². The minimum absolute atomic E-state index is 0.0734. The quantitative estimate of drug-likeness (QED) is 0.350. The van der Waals surface area contributed by atoms with Crippen LogP contribution in [0.4, 0.5) is 5.69 Å². The lowest BCUT2D eigenvalue weighted by Crippen LogP contribution is -2.24. The highest BCUT2D eigenvalue weighted by atomic mass is 16.5. The molecular weight excluding hydrogens is 410 g/mol. The number of anilines is 1. The Bertz CT molecular complexity index is 1260. The van der Waals surface area contributed by atoms with E-state index in [1.165, 1.54) is 11.1 Å². The maximum atomic E-state index is 12.9. The van der Waals surface area contributed by atoms with Gasteiger partial charge in [-0.3, -0.25) is 4.79 Å². The van der Waals surface area contributed by atoms with Crippen LogP contribution in [0.5, 0.6) is 5.75 Å². The second-order valence-electron chi connectivity index (χ2n) is 8.87. The number of carbonyl (C=O) groups excluding carboxylic acids is 1. The zero-order valence-corrected chi connectivity index (χ0v) is 19.2. The molecule has 1 fully saturated rings. The summed E-state index contributed by atoms with van der Waals surface area (Å²) in [4.78, 5) is 19.7. The first-order valence-corrected chi connectivity index (χ1v) is 11.6. The van der Waals surface area contributed by atoms with Crippen LogP contribution in [0.3, 0.4) is 0 Å². The summed E-state index contributed by atoms with van der Waals surface area (Å²) in [6.07, 6.45) is 1.35. The van der Waals surface area contributed by atoms with E-state index in [4.69, 9.17) is 9.72 Å². The van der Waals surface area contributed by atoms with Gasteiger partial charge >= 0.3 is 0 Å². The van der Waals surface area contributed by atoms with Gasteiger partial charge in [-0.2, -0.15) is 0 Å². The Hall–Kier alpha value is -3.60. The van der Waals surface area contributed by atoms with Crippen LogP contribution in [-0.4, -0.2) is 28.6 Å². The molecule has 0 aliphatic carbocycles. The van der Waals surface area contributed by atoms with E-state index in [0.29, 0.717) is 19.6 Å². The van der Waals surface area contributed by atoms with Gasteiger partial charge < -0.3 is 14.2 Å². The molecule has 1 aliphatic rings. The fraction of sp³-hybridized carbons (Fsp3) is 0.286. The summed E-state index contributed by atoms with van der Waals surface area (Å²) in [6, 6.07) is 24.5. The van der Waals surface area contributed by atoms with E-state index in [1.54, 1.807) is 0 Å². The number of imidazole rings is 1. The van der Waals surface area contributed by atoms with Crippen molar-refractivity contribution in [2.75, 3.05) is 18.1 Å². The number of nitrogens with zero attached hydrogens (tertiary/aromatic N) is 3. The van der Waals surface area contributed by atoms with Crippen LogP contribution in [-0.2, 0) is 11.3 Å². The molecule has 0 radical (unpaired) electrons. The third kappa shape index (κ3) is 4.49. The highest BCUT2D eigenvalue weighted by Gasteiger charge is 2.34. The van der Waals surface area contributed by atoms with E-state index < -0.39 is 0 Å². The maximum Gasteiger partial charge on any atom is 0.227 e. The molecule has 168 valence electrons. The highest BCUT2D eigenvalue weighted by molar-refractivity contribution is 5.96. The lowest BCUT2D eigenvalue weighted by atomic mass is 10.1. The molecule has 0 bridgehead atoms. The van der Waals surface area contributed by atoms with Crippen molar-refractivity contribution >= 4 is 22.6 Å². The number of amides is 1. The molecule has 1 atom stereocenters. The van der Waals surface area contributed by atoms with Crippen molar-refractivity contribution in [3.8, 4) is 5.75 Å². The summed E-state index contributed by atoms with van der Waals surface area (Å²) in [6.45, 7) is 6.22. The largest absolute Gasteiger partial charge is 0.494 e. The fourth-order valence-corrected chi connectivity index (χ4v) is 4.54. The van der Waals surface area contributed by atoms with E-state index in [1.807, 2.05) is 47.4 Å². The molecule has 0 spiro atoms. The second-order valence-corrected chi connectivity index (χ2v) is 8.87. The number of fused-ring (bicyclic) bond motifs is 1. The van der Waals surface area contributed by atoms with E-state index in [0.717, 1.165) is 41.3 Å². The van der Waals surface area contributed by atoms with Gasteiger partial charge in [-0.05, 0) is 56.7 Å².